The zero-order valence-corrected chi connectivity index (χ0v) is 10.3. The fraction of sp³-hybridized carbons (Fsp3) is 0.833. The molecule has 1 rings (SSSR count). The molecule has 0 aromatic carbocycles. The molecule has 1 saturated heterocycles. The first-order valence-corrected chi connectivity index (χ1v) is 6.91. The molecule has 1 aliphatic rings. The van der Waals surface area contributed by atoms with Crippen molar-refractivity contribution in [3.05, 3.63) is 12.2 Å². The second-order valence-electron chi connectivity index (χ2n) is 4.10. The lowest BCUT2D eigenvalue weighted by Gasteiger charge is -2.24. The summed E-state index contributed by atoms with van der Waals surface area (Å²) < 4.78 is 0. The van der Waals surface area contributed by atoms with Gasteiger partial charge in [-0.25, -0.2) is 0 Å². The van der Waals surface area contributed by atoms with E-state index in [4.69, 9.17) is 0 Å². The molecule has 0 aliphatic carbocycles. The minimum absolute atomic E-state index is 0.683. The van der Waals surface area contributed by atoms with Crippen LogP contribution in [0.1, 0.15) is 33.1 Å². The van der Waals surface area contributed by atoms with Gasteiger partial charge in [0, 0.05) is 6.04 Å². The molecule has 0 amide bonds. The standard InChI is InChI=1S/C12H23NS/c1-4-10(3)8-12(13-5-2)11-6-7-14-9-11/h11-13H,3-9H2,1-2H3. The molecule has 0 aromatic rings. The van der Waals surface area contributed by atoms with Crippen molar-refractivity contribution in [1.82, 2.24) is 5.32 Å². The fourth-order valence-corrected chi connectivity index (χ4v) is 3.33. The maximum atomic E-state index is 4.12. The highest BCUT2D eigenvalue weighted by Gasteiger charge is 2.24. The van der Waals surface area contributed by atoms with Gasteiger partial charge in [0.1, 0.15) is 0 Å². The first-order valence-electron chi connectivity index (χ1n) is 5.75. The van der Waals surface area contributed by atoms with Gasteiger partial charge >= 0.3 is 0 Å². The van der Waals surface area contributed by atoms with E-state index >= 15 is 0 Å². The lowest BCUT2D eigenvalue weighted by Crippen LogP contribution is -2.36. The first-order chi connectivity index (χ1) is 6.77. The van der Waals surface area contributed by atoms with E-state index in [1.165, 1.54) is 29.9 Å². The van der Waals surface area contributed by atoms with Crippen LogP contribution in [-0.4, -0.2) is 24.1 Å². The Morgan fingerprint density at radius 1 is 1.57 bits per heavy atom. The normalized spacial score (nSPS) is 23.7. The molecule has 0 radical (unpaired) electrons. The van der Waals surface area contributed by atoms with E-state index in [9.17, 15) is 0 Å². The van der Waals surface area contributed by atoms with Crippen LogP contribution in [0.25, 0.3) is 0 Å². The van der Waals surface area contributed by atoms with Gasteiger partial charge in [-0.3, -0.25) is 0 Å². The van der Waals surface area contributed by atoms with Crippen LogP contribution in [0.5, 0.6) is 0 Å². The molecule has 2 atom stereocenters. The van der Waals surface area contributed by atoms with Crippen LogP contribution in [0.15, 0.2) is 12.2 Å². The maximum absolute atomic E-state index is 4.12. The summed E-state index contributed by atoms with van der Waals surface area (Å²) in [5, 5.41) is 3.62. The van der Waals surface area contributed by atoms with E-state index in [1.807, 2.05) is 0 Å². The van der Waals surface area contributed by atoms with Gasteiger partial charge in [-0.15, -0.1) is 0 Å². The fourth-order valence-electron chi connectivity index (χ4n) is 1.99. The predicted molar refractivity (Wildman–Crippen MR) is 66.9 cm³/mol. The Morgan fingerprint density at radius 2 is 2.36 bits per heavy atom. The van der Waals surface area contributed by atoms with E-state index in [2.05, 4.69) is 37.5 Å². The molecule has 1 N–H and O–H groups in total. The SMILES string of the molecule is C=C(CC)CC(NCC)C1CCSC1. The topological polar surface area (TPSA) is 12.0 Å². The van der Waals surface area contributed by atoms with Gasteiger partial charge < -0.3 is 5.32 Å². The quantitative estimate of drug-likeness (QED) is 0.681. The van der Waals surface area contributed by atoms with Gasteiger partial charge in [0.05, 0.1) is 0 Å². The summed E-state index contributed by atoms with van der Waals surface area (Å²) in [6.07, 6.45) is 3.69. The minimum Gasteiger partial charge on any atom is -0.314 e. The zero-order chi connectivity index (χ0) is 10.4. The Morgan fingerprint density at radius 3 is 2.86 bits per heavy atom. The molecule has 2 unspecified atom stereocenters. The van der Waals surface area contributed by atoms with Gasteiger partial charge in [-0.2, -0.15) is 11.8 Å². The zero-order valence-electron chi connectivity index (χ0n) is 9.51. The molecule has 0 bridgehead atoms. The van der Waals surface area contributed by atoms with Gasteiger partial charge in [0.25, 0.3) is 0 Å². The molecular formula is C12H23NS. The second kappa shape index (κ2) is 6.52. The molecule has 2 heteroatoms. The van der Waals surface area contributed by atoms with Crippen molar-refractivity contribution in [1.29, 1.82) is 0 Å². The van der Waals surface area contributed by atoms with Crippen molar-refractivity contribution in [2.75, 3.05) is 18.1 Å². The number of thioether (sulfide) groups is 1. The van der Waals surface area contributed by atoms with Gasteiger partial charge in [0.15, 0.2) is 0 Å². The monoisotopic (exact) mass is 213 g/mol. The summed E-state index contributed by atoms with van der Waals surface area (Å²) in [6.45, 7) is 9.61. The average Bonchev–Trinajstić information content (AvgIpc) is 2.69. The second-order valence-corrected chi connectivity index (χ2v) is 5.25. The Kier molecular flexibility index (Phi) is 5.64. The van der Waals surface area contributed by atoms with Crippen molar-refractivity contribution in [3.63, 3.8) is 0 Å². The molecule has 1 fully saturated rings. The number of rotatable bonds is 6. The van der Waals surface area contributed by atoms with Crippen LogP contribution in [0.3, 0.4) is 0 Å². The summed E-state index contributed by atoms with van der Waals surface area (Å²) in [4.78, 5) is 0. The van der Waals surface area contributed by atoms with E-state index < -0.39 is 0 Å². The third-order valence-electron chi connectivity index (χ3n) is 3.01. The van der Waals surface area contributed by atoms with Crippen LogP contribution in [-0.2, 0) is 0 Å². The first kappa shape index (κ1) is 12.1. The lowest BCUT2D eigenvalue weighted by atomic mass is 9.92. The van der Waals surface area contributed by atoms with E-state index in [1.54, 1.807) is 0 Å². The lowest BCUT2D eigenvalue weighted by molar-refractivity contribution is 0.384. The third-order valence-corrected chi connectivity index (χ3v) is 4.20. The average molecular weight is 213 g/mol. The summed E-state index contributed by atoms with van der Waals surface area (Å²) in [5.41, 5.74) is 1.40. The molecule has 82 valence electrons. The molecule has 14 heavy (non-hydrogen) atoms. The van der Waals surface area contributed by atoms with E-state index in [0.29, 0.717) is 6.04 Å². The molecule has 0 spiro atoms. The minimum atomic E-state index is 0.683. The molecular weight excluding hydrogens is 190 g/mol. The van der Waals surface area contributed by atoms with E-state index in [0.717, 1.165) is 18.9 Å². The van der Waals surface area contributed by atoms with Crippen molar-refractivity contribution in [2.24, 2.45) is 5.92 Å². The van der Waals surface area contributed by atoms with Crippen molar-refractivity contribution >= 4 is 11.8 Å². The molecule has 1 heterocycles. The number of hydrogen-bond donors (Lipinski definition) is 1. The Hall–Kier alpha value is 0.0500. The van der Waals surface area contributed by atoms with Crippen molar-refractivity contribution in [3.8, 4) is 0 Å². The predicted octanol–water partition coefficient (Wildman–Crippen LogP) is 3.07. The molecule has 0 aromatic heterocycles. The van der Waals surface area contributed by atoms with Crippen molar-refractivity contribution < 1.29 is 0 Å². The Balaban J connectivity index is 2.40. The molecule has 0 saturated carbocycles. The third kappa shape index (κ3) is 3.66. The highest BCUT2D eigenvalue weighted by Crippen LogP contribution is 2.28. The smallest absolute Gasteiger partial charge is 0.0140 e. The molecule has 1 aliphatic heterocycles. The highest BCUT2D eigenvalue weighted by atomic mass is 32.2. The highest BCUT2D eigenvalue weighted by molar-refractivity contribution is 7.99. The van der Waals surface area contributed by atoms with Crippen LogP contribution >= 0.6 is 11.8 Å². The van der Waals surface area contributed by atoms with Crippen molar-refractivity contribution in [2.45, 2.75) is 39.2 Å². The van der Waals surface area contributed by atoms with Gasteiger partial charge in [-0.1, -0.05) is 26.0 Å². The van der Waals surface area contributed by atoms with Crippen LogP contribution in [0, 0.1) is 5.92 Å². The summed E-state index contributed by atoms with van der Waals surface area (Å²) in [6, 6.07) is 0.683. The number of nitrogens with one attached hydrogen (secondary N) is 1. The van der Waals surface area contributed by atoms with Gasteiger partial charge in [0.2, 0.25) is 0 Å². The Labute approximate surface area is 92.7 Å². The summed E-state index contributed by atoms with van der Waals surface area (Å²) >= 11 is 2.10. The van der Waals surface area contributed by atoms with E-state index in [-0.39, 0.29) is 0 Å². The molecule has 1 nitrogen and oxygen atoms in total. The summed E-state index contributed by atoms with van der Waals surface area (Å²) in [7, 11) is 0. The largest absolute Gasteiger partial charge is 0.314 e. The van der Waals surface area contributed by atoms with Gasteiger partial charge in [-0.05, 0) is 43.2 Å². The summed E-state index contributed by atoms with van der Waals surface area (Å²) in [5.74, 6) is 3.57. The Bertz CT molecular complexity index is 173. The number of hydrogen-bond acceptors (Lipinski definition) is 2. The van der Waals surface area contributed by atoms with Crippen LogP contribution in [0.4, 0.5) is 0 Å². The van der Waals surface area contributed by atoms with Crippen LogP contribution < -0.4 is 5.32 Å². The maximum Gasteiger partial charge on any atom is 0.0140 e. The van der Waals surface area contributed by atoms with Crippen LogP contribution in [0.2, 0.25) is 0 Å².